The quantitative estimate of drug-likeness (QED) is 0.413. The van der Waals surface area contributed by atoms with Crippen molar-refractivity contribution in [3.8, 4) is 0 Å². The molecule has 0 saturated carbocycles. The van der Waals surface area contributed by atoms with Crippen LogP contribution in [0.15, 0.2) is 12.4 Å². The second-order valence-corrected chi connectivity index (χ2v) is 4.09. The Hall–Kier alpha value is -2.65. The zero-order valence-corrected chi connectivity index (χ0v) is 11.5. The topological polar surface area (TPSA) is 135 Å². The van der Waals surface area contributed by atoms with E-state index in [1.807, 2.05) is 0 Å². The van der Waals surface area contributed by atoms with Gasteiger partial charge in [-0.05, 0) is 6.42 Å². The Kier molecular flexibility index (Phi) is 6.65. The lowest BCUT2D eigenvalue weighted by Crippen LogP contribution is -2.47. The van der Waals surface area contributed by atoms with Crippen LogP contribution in [-0.2, 0) is 20.9 Å². The average molecular weight is 299 g/mol. The fourth-order valence-corrected chi connectivity index (χ4v) is 1.45. The molecule has 21 heavy (non-hydrogen) atoms. The number of aliphatic carboxylic acids is 1. The van der Waals surface area contributed by atoms with Gasteiger partial charge in [-0.15, -0.1) is 5.10 Å². The van der Waals surface area contributed by atoms with Crippen LogP contribution in [0, 0.1) is 0 Å². The Morgan fingerprint density at radius 1 is 1.43 bits per heavy atom. The monoisotopic (exact) mass is 299 g/mol. The van der Waals surface area contributed by atoms with Gasteiger partial charge in [0.05, 0.1) is 19.7 Å². The van der Waals surface area contributed by atoms with Crippen LogP contribution in [0.2, 0.25) is 0 Å². The van der Waals surface area contributed by atoms with E-state index < -0.39 is 30.4 Å². The molecule has 0 radical (unpaired) electrons. The van der Waals surface area contributed by atoms with Crippen LogP contribution < -0.4 is 10.6 Å². The molecular weight excluding hydrogens is 282 g/mol. The smallest absolute Gasteiger partial charge is 0.326 e. The first-order valence-electron chi connectivity index (χ1n) is 6.21. The molecule has 0 aromatic carbocycles. The van der Waals surface area contributed by atoms with Crippen LogP contribution in [0.3, 0.4) is 0 Å². The molecule has 1 heterocycles. The number of urea groups is 1. The molecule has 10 nitrogen and oxygen atoms in total. The maximum atomic E-state index is 11.5. The Balaban J connectivity index is 2.26. The minimum Gasteiger partial charge on any atom is -0.480 e. The van der Waals surface area contributed by atoms with E-state index in [4.69, 9.17) is 5.11 Å². The summed E-state index contributed by atoms with van der Waals surface area (Å²) in [5, 5.41) is 21.0. The molecule has 2 amide bonds. The number of methoxy groups -OCH3 is 1. The van der Waals surface area contributed by atoms with E-state index in [-0.39, 0.29) is 0 Å². The molecule has 0 saturated heterocycles. The second-order valence-electron chi connectivity index (χ2n) is 4.09. The fourth-order valence-electron chi connectivity index (χ4n) is 1.45. The predicted molar refractivity (Wildman–Crippen MR) is 69.2 cm³/mol. The van der Waals surface area contributed by atoms with Crippen LogP contribution in [0.4, 0.5) is 4.79 Å². The fraction of sp³-hybridized carbons (Fsp3) is 0.545. The molecule has 0 aliphatic rings. The summed E-state index contributed by atoms with van der Waals surface area (Å²) in [6, 6.07) is -1.99. The lowest BCUT2D eigenvalue weighted by atomic mass is 10.2. The summed E-state index contributed by atoms with van der Waals surface area (Å²) in [6.45, 7) is 0.904. The van der Waals surface area contributed by atoms with Crippen molar-refractivity contribution in [2.75, 3.05) is 13.7 Å². The number of nitrogens with zero attached hydrogens (tertiary/aromatic N) is 3. The molecular formula is C11H17N5O5. The van der Waals surface area contributed by atoms with E-state index in [1.165, 1.54) is 0 Å². The van der Waals surface area contributed by atoms with E-state index in [0.717, 1.165) is 7.11 Å². The third-order valence-electron chi connectivity index (χ3n) is 2.52. The predicted octanol–water partition coefficient (Wildman–Crippen LogP) is -1.02. The summed E-state index contributed by atoms with van der Waals surface area (Å²) >= 11 is 0. The Labute approximate surface area is 120 Å². The van der Waals surface area contributed by atoms with Gasteiger partial charge in [-0.2, -0.15) is 0 Å². The highest BCUT2D eigenvalue weighted by molar-refractivity contribution is 5.86. The Morgan fingerprint density at radius 3 is 2.76 bits per heavy atom. The maximum absolute atomic E-state index is 11.5. The Bertz CT molecular complexity index is 475. The van der Waals surface area contributed by atoms with Crippen LogP contribution in [-0.4, -0.2) is 57.8 Å². The van der Waals surface area contributed by atoms with E-state index >= 15 is 0 Å². The number of carboxylic acid groups (broad SMARTS) is 1. The van der Waals surface area contributed by atoms with Crippen LogP contribution in [0.5, 0.6) is 0 Å². The van der Waals surface area contributed by atoms with Crippen molar-refractivity contribution in [2.45, 2.75) is 25.4 Å². The number of aromatic nitrogens is 3. The number of rotatable bonds is 8. The number of esters is 1. The highest BCUT2D eigenvalue weighted by Gasteiger charge is 2.23. The van der Waals surface area contributed by atoms with Crippen molar-refractivity contribution in [3.63, 3.8) is 0 Å². The van der Waals surface area contributed by atoms with E-state index in [2.05, 4.69) is 25.7 Å². The summed E-state index contributed by atoms with van der Waals surface area (Å²) in [7, 11) is 1.14. The standard InChI is InChI=1S/C11H17N5O5/c1-21-9(17)7-8(10(18)19)14-11(20)12-3-2-5-16-6-4-13-15-16/h4,6,8H,2-3,5,7H2,1H3,(H,18,19)(H2,12,14,20)/t8-/m0/s1. The first-order valence-corrected chi connectivity index (χ1v) is 6.21. The molecule has 3 N–H and O–H groups in total. The van der Waals surface area contributed by atoms with Crippen molar-refractivity contribution in [3.05, 3.63) is 12.4 Å². The summed E-state index contributed by atoms with van der Waals surface area (Å²) in [6.07, 6.45) is 3.41. The number of ether oxygens (including phenoxy) is 1. The molecule has 10 heteroatoms. The molecule has 0 spiro atoms. The lowest BCUT2D eigenvalue weighted by Gasteiger charge is -2.14. The van der Waals surface area contributed by atoms with Crippen LogP contribution >= 0.6 is 0 Å². The van der Waals surface area contributed by atoms with Gasteiger partial charge in [-0.1, -0.05) is 5.21 Å². The van der Waals surface area contributed by atoms with Crippen LogP contribution in [0.25, 0.3) is 0 Å². The minimum absolute atomic E-state index is 0.330. The largest absolute Gasteiger partial charge is 0.480 e. The van der Waals surface area contributed by atoms with Gasteiger partial charge in [0, 0.05) is 19.3 Å². The van der Waals surface area contributed by atoms with Gasteiger partial charge in [0.1, 0.15) is 6.04 Å². The van der Waals surface area contributed by atoms with Gasteiger partial charge in [-0.25, -0.2) is 9.59 Å². The molecule has 1 aromatic rings. The molecule has 1 aromatic heterocycles. The number of hydrogen-bond donors (Lipinski definition) is 3. The average Bonchev–Trinajstić information content (AvgIpc) is 2.95. The highest BCUT2D eigenvalue weighted by atomic mass is 16.5. The summed E-state index contributed by atoms with van der Waals surface area (Å²) in [5.74, 6) is -2.02. The third kappa shape index (κ3) is 6.36. The number of carboxylic acids is 1. The summed E-state index contributed by atoms with van der Waals surface area (Å²) in [5.41, 5.74) is 0. The number of nitrogens with one attached hydrogen (secondary N) is 2. The molecule has 1 atom stereocenters. The zero-order valence-electron chi connectivity index (χ0n) is 11.5. The first-order chi connectivity index (χ1) is 10.0. The van der Waals surface area contributed by atoms with E-state index in [1.54, 1.807) is 17.1 Å². The number of carbonyl (C=O) groups is 3. The summed E-state index contributed by atoms with van der Waals surface area (Å²) < 4.78 is 5.97. The Morgan fingerprint density at radius 2 is 2.19 bits per heavy atom. The van der Waals surface area contributed by atoms with Gasteiger partial charge < -0.3 is 20.5 Å². The molecule has 0 aliphatic carbocycles. The second kappa shape index (κ2) is 8.51. The van der Waals surface area contributed by atoms with Gasteiger partial charge in [0.25, 0.3) is 0 Å². The van der Waals surface area contributed by atoms with E-state index in [0.29, 0.717) is 19.5 Å². The van der Waals surface area contributed by atoms with Crippen LogP contribution in [0.1, 0.15) is 12.8 Å². The van der Waals surface area contributed by atoms with Crippen molar-refractivity contribution in [2.24, 2.45) is 0 Å². The zero-order chi connectivity index (χ0) is 15.7. The number of aryl methyl sites for hydroxylation is 1. The van der Waals surface area contributed by atoms with Crippen molar-refractivity contribution >= 4 is 18.0 Å². The summed E-state index contributed by atoms with van der Waals surface area (Å²) in [4.78, 5) is 33.4. The normalized spacial score (nSPS) is 11.5. The minimum atomic E-state index is -1.33. The molecule has 1 rings (SSSR count). The van der Waals surface area contributed by atoms with E-state index in [9.17, 15) is 14.4 Å². The van der Waals surface area contributed by atoms with Gasteiger partial charge in [-0.3, -0.25) is 9.48 Å². The lowest BCUT2D eigenvalue weighted by molar-refractivity contribution is -0.147. The van der Waals surface area contributed by atoms with Crippen molar-refractivity contribution in [1.82, 2.24) is 25.6 Å². The molecule has 0 bridgehead atoms. The SMILES string of the molecule is COC(=O)C[C@H](NC(=O)NCCCn1ccnn1)C(=O)O. The molecule has 0 aliphatic heterocycles. The highest BCUT2D eigenvalue weighted by Crippen LogP contribution is 1.95. The first kappa shape index (κ1) is 16.4. The molecule has 116 valence electrons. The van der Waals surface area contributed by atoms with Crippen molar-refractivity contribution in [1.29, 1.82) is 0 Å². The number of amides is 2. The third-order valence-corrected chi connectivity index (χ3v) is 2.52. The van der Waals surface area contributed by atoms with Gasteiger partial charge in [0.2, 0.25) is 0 Å². The number of carbonyl (C=O) groups excluding carboxylic acids is 2. The maximum Gasteiger partial charge on any atom is 0.326 e. The van der Waals surface area contributed by atoms with Crippen molar-refractivity contribution < 1.29 is 24.2 Å². The molecule has 0 unspecified atom stereocenters. The molecule has 0 fully saturated rings. The van der Waals surface area contributed by atoms with Gasteiger partial charge >= 0.3 is 18.0 Å². The number of hydrogen-bond acceptors (Lipinski definition) is 6. The van der Waals surface area contributed by atoms with Gasteiger partial charge in [0.15, 0.2) is 0 Å².